The molecule has 0 aliphatic heterocycles. The van der Waals surface area contributed by atoms with E-state index in [1.807, 2.05) is 0 Å². The Morgan fingerprint density at radius 2 is 2.20 bits per heavy atom. The zero-order valence-electron chi connectivity index (χ0n) is 11.5. The van der Waals surface area contributed by atoms with Crippen LogP contribution >= 0.6 is 0 Å². The zero-order chi connectivity index (χ0) is 15.3. The van der Waals surface area contributed by atoms with E-state index in [0.29, 0.717) is 24.3 Å². The number of anilines is 1. The van der Waals surface area contributed by atoms with Crippen LogP contribution in [0.1, 0.15) is 12.1 Å². The molecule has 20 heavy (non-hydrogen) atoms. The molecule has 0 bridgehead atoms. The van der Waals surface area contributed by atoms with Gasteiger partial charge in [-0.25, -0.2) is 4.79 Å². The van der Waals surface area contributed by atoms with Crippen LogP contribution in [0.15, 0.2) is 6.07 Å². The highest BCUT2D eigenvalue weighted by Gasteiger charge is 2.35. The molecule has 114 valence electrons. The van der Waals surface area contributed by atoms with Gasteiger partial charge < -0.3 is 9.64 Å². The van der Waals surface area contributed by atoms with Gasteiger partial charge in [0.05, 0.1) is 0 Å². The van der Waals surface area contributed by atoms with E-state index < -0.39 is 17.9 Å². The first-order valence-corrected chi connectivity index (χ1v) is 5.88. The van der Waals surface area contributed by atoms with E-state index >= 15 is 0 Å². The van der Waals surface area contributed by atoms with Crippen LogP contribution in [0.25, 0.3) is 0 Å². The molecule has 2 amide bonds. The maximum Gasteiger partial charge on any atom is 0.433 e. The lowest BCUT2D eigenvalue weighted by Gasteiger charge is -2.16. The summed E-state index contributed by atoms with van der Waals surface area (Å²) in [6, 6.07) is 0.272. The Morgan fingerprint density at radius 1 is 1.55 bits per heavy atom. The second-order valence-electron chi connectivity index (χ2n) is 4.23. The summed E-state index contributed by atoms with van der Waals surface area (Å²) in [7, 11) is 4.26. The molecule has 1 N–H and O–H groups in total. The standard InChI is InChI=1S/C11H17F3N4O2/c1-17(5-4-6-20-3)10(19)15-9-7-8(11(12,13)14)18(2)16-9/h7H,4-6H2,1-3H3,(H,15,16,19). The van der Waals surface area contributed by atoms with Gasteiger partial charge in [0, 0.05) is 40.4 Å². The Balaban J connectivity index is 2.62. The number of ether oxygens (including phenoxy) is 1. The molecule has 0 aromatic carbocycles. The van der Waals surface area contributed by atoms with E-state index in [0.717, 1.165) is 6.07 Å². The number of halogens is 3. The molecule has 0 fully saturated rings. The molecule has 1 heterocycles. The van der Waals surface area contributed by atoms with Crippen molar-refractivity contribution >= 4 is 11.8 Å². The van der Waals surface area contributed by atoms with Crippen molar-refractivity contribution in [2.45, 2.75) is 12.6 Å². The highest BCUT2D eigenvalue weighted by Crippen LogP contribution is 2.30. The van der Waals surface area contributed by atoms with Crippen LogP contribution < -0.4 is 5.32 Å². The number of carbonyl (C=O) groups is 1. The summed E-state index contributed by atoms with van der Waals surface area (Å²) in [5.41, 5.74) is -0.921. The topological polar surface area (TPSA) is 59.4 Å². The minimum Gasteiger partial charge on any atom is -0.385 e. The number of amides is 2. The number of hydrogen-bond acceptors (Lipinski definition) is 3. The summed E-state index contributed by atoms with van der Waals surface area (Å²) in [6.07, 6.45) is -3.87. The summed E-state index contributed by atoms with van der Waals surface area (Å²) in [5, 5.41) is 5.93. The van der Waals surface area contributed by atoms with Gasteiger partial charge in [0.15, 0.2) is 5.82 Å². The van der Waals surface area contributed by atoms with E-state index in [2.05, 4.69) is 10.4 Å². The van der Waals surface area contributed by atoms with Gasteiger partial charge in [-0.3, -0.25) is 10.00 Å². The molecule has 0 saturated carbocycles. The van der Waals surface area contributed by atoms with Crippen LogP contribution in [0.3, 0.4) is 0 Å². The number of aromatic nitrogens is 2. The molecule has 0 unspecified atom stereocenters. The quantitative estimate of drug-likeness (QED) is 0.844. The molecule has 0 saturated heterocycles. The van der Waals surface area contributed by atoms with Crippen molar-refractivity contribution in [2.24, 2.45) is 7.05 Å². The molecule has 0 radical (unpaired) electrons. The van der Waals surface area contributed by atoms with Crippen LogP contribution in [-0.2, 0) is 18.0 Å². The Hall–Kier alpha value is -1.77. The van der Waals surface area contributed by atoms with Gasteiger partial charge in [0.2, 0.25) is 0 Å². The third-order valence-electron chi connectivity index (χ3n) is 2.59. The average Bonchev–Trinajstić information content (AvgIpc) is 2.70. The van der Waals surface area contributed by atoms with Crippen LogP contribution in [0.4, 0.5) is 23.8 Å². The molecular weight excluding hydrogens is 277 g/mol. The summed E-state index contributed by atoms with van der Waals surface area (Å²) in [5.74, 6) is -0.136. The highest BCUT2D eigenvalue weighted by atomic mass is 19.4. The Kier molecular flexibility index (Phi) is 5.37. The van der Waals surface area contributed by atoms with Gasteiger partial charge >= 0.3 is 12.2 Å². The summed E-state index contributed by atoms with van der Waals surface area (Å²) < 4.78 is 43.2. The SMILES string of the molecule is COCCCN(C)C(=O)Nc1cc(C(F)(F)F)n(C)n1. The van der Waals surface area contributed by atoms with E-state index in [9.17, 15) is 18.0 Å². The molecule has 0 aliphatic rings. The van der Waals surface area contributed by atoms with E-state index in [4.69, 9.17) is 4.74 Å². The Morgan fingerprint density at radius 3 is 2.70 bits per heavy atom. The molecular formula is C11H17F3N4O2. The predicted octanol–water partition coefficient (Wildman–Crippen LogP) is 1.94. The largest absolute Gasteiger partial charge is 0.433 e. The number of carbonyl (C=O) groups excluding carboxylic acids is 1. The fraction of sp³-hybridized carbons (Fsp3) is 0.636. The first kappa shape index (κ1) is 16.3. The Bertz CT molecular complexity index is 459. The van der Waals surface area contributed by atoms with Gasteiger partial charge in [-0.15, -0.1) is 0 Å². The summed E-state index contributed by atoms with van der Waals surface area (Å²) >= 11 is 0. The number of aryl methyl sites for hydroxylation is 1. The number of nitrogens with one attached hydrogen (secondary N) is 1. The van der Waals surface area contributed by atoms with Gasteiger partial charge in [-0.05, 0) is 6.42 Å². The first-order chi connectivity index (χ1) is 9.25. The second kappa shape index (κ2) is 6.60. The van der Waals surface area contributed by atoms with Crippen LogP contribution in [0, 0.1) is 0 Å². The lowest BCUT2D eigenvalue weighted by Crippen LogP contribution is -2.32. The minimum absolute atomic E-state index is 0.136. The zero-order valence-corrected chi connectivity index (χ0v) is 11.5. The molecule has 1 rings (SSSR count). The normalized spacial score (nSPS) is 11.5. The van der Waals surface area contributed by atoms with E-state index in [1.54, 1.807) is 14.2 Å². The fourth-order valence-corrected chi connectivity index (χ4v) is 1.55. The maximum atomic E-state index is 12.6. The molecule has 0 atom stereocenters. The minimum atomic E-state index is -4.50. The van der Waals surface area contributed by atoms with Crippen LogP contribution in [0.2, 0.25) is 0 Å². The predicted molar refractivity (Wildman–Crippen MR) is 66.4 cm³/mol. The number of rotatable bonds is 5. The van der Waals surface area contributed by atoms with Crippen LogP contribution in [-0.4, -0.2) is 48.0 Å². The van der Waals surface area contributed by atoms with Crippen molar-refractivity contribution in [1.29, 1.82) is 0 Å². The third-order valence-corrected chi connectivity index (χ3v) is 2.59. The molecule has 9 heteroatoms. The molecule has 0 aliphatic carbocycles. The first-order valence-electron chi connectivity index (χ1n) is 5.88. The lowest BCUT2D eigenvalue weighted by molar-refractivity contribution is -0.143. The van der Waals surface area contributed by atoms with Crippen molar-refractivity contribution in [1.82, 2.24) is 14.7 Å². The number of alkyl halides is 3. The maximum absolute atomic E-state index is 12.6. The fourth-order valence-electron chi connectivity index (χ4n) is 1.55. The lowest BCUT2D eigenvalue weighted by atomic mass is 10.4. The van der Waals surface area contributed by atoms with E-state index in [-0.39, 0.29) is 5.82 Å². The summed E-state index contributed by atoms with van der Waals surface area (Å²) in [4.78, 5) is 13.1. The van der Waals surface area contributed by atoms with Crippen molar-refractivity contribution < 1.29 is 22.7 Å². The van der Waals surface area contributed by atoms with Gasteiger partial charge in [0.25, 0.3) is 0 Å². The van der Waals surface area contributed by atoms with E-state index in [1.165, 1.54) is 11.9 Å². The molecule has 6 nitrogen and oxygen atoms in total. The second-order valence-corrected chi connectivity index (χ2v) is 4.23. The van der Waals surface area contributed by atoms with Crippen molar-refractivity contribution in [3.05, 3.63) is 11.8 Å². The molecule has 1 aromatic rings. The molecule has 0 spiro atoms. The number of urea groups is 1. The number of nitrogens with zero attached hydrogens (tertiary/aromatic N) is 3. The van der Waals surface area contributed by atoms with Gasteiger partial charge in [0.1, 0.15) is 5.69 Å². The van der Waals surface area contributed by atoms with Gasteiger partial charge in [-0.2, -0.15) is 18.3 Å². The average molecular weight is 294 g/mol. The Labute approximate surface area is 114 Å². The van der Waals surface area contributed by atoms with Gasteiger partial charge in [-0.1, -0.05) is 0 Å². The monoisotopic (exact) mass is 294 g/mol. The van der Waals surface area contributed by atoms with Crippen molar-refractivity contribution in [2.75, 3.05) is 32.6 Å². The van der Waals surface area contributed by atoms with Crippen LogP contribution in [0.5, 0.6) is 0 Å². The van der Waals surface area contributed by atoms with Crippen molar-refractivity contribution in [3.63, 3.8) is 0 Å². The number of methoxy groups -OCH3 is 1. The molecule has 1 aromatic heterocycles. The highest BCUT2D eigenvalue weighted by molar-refractivity contribution is 5.88. The third kappa shape index (κ3) is 4.41. The summed E-state index contributed by atoms with van der Waals surface area (Å²) in [6.45, 7) is 0.929. The number of hydrogen-bond donors (Lipinski definition) is 1. The van der Waals surface area contributed by atoms with Crippen molar-refractivity contribution in [3.8, 4) is 0 Å². The smallest absolute Gasteiger partial charge is 0.385 e.